The summed E-state index contributed by atoms with van der Waals surface area (Å²) in [4.78, 5) is 14.9. The van der Waals surface area contributed by atoms with Gasteiger partial charge in [0, 0.05) is 5.39 Å². The van der Waals surface area contributed by atoms with Crippen LogP contribution in [0.3, 0.4) is 0 Å². The molecule has 1 aromatic heterocycles. The van der Waals surface area contributed by atoms with Crippen LogP contribution in [0.4, 0.5) is 5.82 Å². The number of hydrogen-bond acceptors (Lipinski definition) is 3. The number of aromatic amines is 1. The second-order valence-corrected chi connectivity index (χ2v) is 5.56. The van der Waals surface area contributed by atoms with E-state index in [1.807, 2.05) is 30.3 Å². The third-order valence-electron chi connectivity index (χ3n) is 4.07. The number of hydrogen-bond donors (Lipinski definition) is 3. The van der Waals surface area contributed by atoms with Gasteiger partial charge in [-0.2, -0.15) is 0 Å². The molecule has 0 saturated heterocycles. The van der Waals surface area contributed by atoms with Gasteiger partial charge in [0.05, 0.1) is 12.1 Å². The third kappa shape index (κ3) is 2.70. The molecule has 3 N–H and O–H groups in total. The van der Waals surface area contributed by atoms with Crippen molar-refractivity contribution in [2.75, 3.05) is 5.32 Å². The van der Waals surface area contributed by atoms with Crippen molar-refractivity contribution in [2.45, 2.75) is 44.2 Å². The SMILES string of the molecule is O=c1[nH]c(NC2CCCCCC2O)cc2ccccc12. The van der Waals surface area contributed by atoms with Crippen LogP contribution in [0, 0.1) is 0 Å². The molecule has 4 heteroatoms. The monoisotopic (exact) mass is 272 g/mol. The van der Waals surface area contributed by atoms with E-state index in [-0.39, 0.29) is 17.7 Å². The third-order valence-corrected chi connectivity index (χ3v) is 4.07. The Balaban J connectivity index is 1.88. The second kappa shape index (κ2) is 5.67. The molecule has 0 aliphatic heterocycles. The lowest BCUT2D eigenvalue weighted by Gasteiger charge is -2.22. The average Bonchev–Trinajstić information content (AvgIpc) is 2.64. The van der Waals surface area contributed by atoms with Gasteiger partial charge in [0.25, 0.3) is 5.56 Å². The van der Waals surface area contributed by atoms with Crippen molar-refractivity contribution < 1.29 is 5.11 Å². The molecule has 3 rings (SSSR count). The Morgan fingerprint density at radius 2 is 1.95 bits per heavy atom. The predicted molar refractivity (Wildman–Crippen MR) is 81.1 cm³/mol. The number of aromatic nitrogens is 1. The molecule has 0 amide bonds. The molecule has 106 valence electrons. The van der Waals surface area contributed by atoms with Crippen LogP contribution in [0.2, 0.25) is 0 Å². The number of nitrogens with one attached hydrogen (secondary N) is 2. The standard InChI is InChI=1S/C16H20N2O2/c19-14-9-3-1-2-8-13(14)17-15-10-11-6-4-5-7-12(11)16(20)18-15/h4-7,10,13-14,19H,1-3,8-9H2,(H2,17,18,20). The van der Waals surface area contributed by atoms with Crippen molar-refractivity contribution in [2.24, 2.45) is 0 Å². The Labute approximate surface area is 117 Å². The van der Waals surface area contributed by atoms with Crippen molar-refractivity contribution in [3.8, 4) is 0 Å². The molecule has 4 nitrogen and oxygen atoms in total. The van der Waals surface area contributed by atoms with Gasteiger partial charge in [-0.1, -0.05) is 37.5 Å². The maximum absolute atomic E-state index is 12.0. The molecular weight excluding hydrogens is 252 g/mol. The van der Waals surface area contributed by atoms with E-state index in [9.17, 15) is 9.90 Å². The summed E-state index contributed by atoms with van der Waals surface area (Å²) in [6.07, 6.45) is 4.79. The predicted octanol–water partition coefficient (Wildman–Crippen LogP) is 2.63. The van der Waals surface area contributed by atoms with Crippen molar-refractivity contribution in [1.82, 2.24) is 4.98 Å². The zero-order valence-corrected chi connectivity index (χ0v) is 11.4. The molecule has 2 atom stereocenters. The fourth-order valence-electron chi connectivity index (χ4n) is 2.94. The summed E-state index contributed by atoms with van der Waals surface area (Å²) in [6.45, 7) is 0. The highest BCUT2D eigenvalue weighted by Crippen LogP contribution is 2.21. The largest absolute Gasteiger partial charge is 0.391 e. The van der Waals surface area contributed by atoms with Crippen LogP contribution in [0.15, 0.2) is 35.1 Å². The number of benzene rings is 1. The van der Waals surface area contributed by atoms with E-state index in [0.29, 0.717) is 11.2 Å². The number of fused-ring (bicyclic) bond motifs is 1. The Morgan fingerprint density at radius 1 is 1.15 bits per heavy atom. The number of rotatable bonds is 2. The quantitative estimate of drug-likeness (QED) is 0.736. The summed E-state index contributed by atoms with van der Waals surface area (Å²) in [5.41, 5.74) is -0.0892. The number of H-pyrrole nitrogens is 1. The fourth-order valence-corrected chi connectivity index (χ4v) is 2.94. The average molecular weight is 272 g/mol. The molecule has 20 heavy (non-hydrogen) atoms. The number of aliphatic hydroxyl groups is 1. The van der Waals surface area contributed by atoms with Gasteiger partial charge < -0.3 is 15.4 Å². The molecule has 1 saturated carbocycles. The van der Waals surface area contributed by atoms with Gasteiger partial charge in [0.1, 0.15) is 5.82 Å². The van der Waals surface area contributed by atoms with Crippen LogP contribution < -0.4 is 10.9 Å². The van der Waals surface area contributed by atoms with Gasteiger partial charge in [-0.3, -0.25) is 4.79 Å². The van der Waals surface area contributed by atoms with Gasteiger partial charge in [-0.05, 0) is 30.4 Å². The first-order valence-corrected chi connectivity index (χ1v) is 7.31. The molecular formula is C16H20N2O2. The Morgan fingerprint density at radius 3 is 2.85 bits per heavy atom. The maximum Gasteiger partial charge on any atom is 0.257 e. The van der Waals surface area contributed by atoms with Crippen LogP contribution in [-0.4, -0.2) is 22.2 Å². The zero-order valence-electron chi connectivity index (χ0n) is 11.4. The lowest BCUT2D eigenvalue weighted by molar-refractivity contribution is 0.144. The van der Waals surface area contributed by atoms with E-state index in [0.717, 1.165) is 31.1 Å². The van der Waals surface area contributed by atoms with Gasteiger partial charge in [-0.15, -0.1) is 0 Å². The first-order valence-electron chi connectivity index (χ1n) is 7.31. The zero-order chi connectivity index (χ0) is 13.9. The smallest absolute Gasteiger partial charge is 0.257 e. The normalized spacial score (nSPS) is 23.4. The van der Waals surface area contributed by atoms with E-state index in [4.69, 9.17) is 0 Å². The Hall–Kier alpha value is -1.81. The second-order valence-electron chi connectivity index (χ2n) is 5.56. The van der Waals surface area contributed by atoms with Crippen molar-refractivity contribution in [3.63, 3.8) is 0 Å². The number of anilines is 1. The first kappa shape index (κ1) is 13.2. The van der Waals surface area contributed by atoms with Crippen molar-refractivity contribution in [3.05, 3.63) is 40.7 Å². The van der Waals surface area contributed by atoms with Crippen LogP contribution >= 0.6 is 0 Å². The van der Waals surface area contributed by atoms with Crippen LogP contribution in [-0.2, 0) is 0 Å². The van der Waals surface area contributed by atoms with Gasteiger partial charge >= 0.3 is 0 Å². The Kier molecular flexibility index (Phi) is 3.74. The summed E-state index contributed by atoms with van der Waals surface area (Å²) < 4.78 is 0. The summed E-state index contributed by atoms with van der Waals surface area (Å²) >= 11 is 0. The van der Waals surface area contributed by atoms with Gasteiger partial charge in [0.15, 0.2) is 0 Å². The molecule has 1 aromatic carbocycles. The van der Waals surface area contributed by atoms with Gasteiger partial charge in [0.2, 0.25) is 0 Å². The molecule has 1 aliphatic rings. The lowest BCUT2D eigenvalue weighted by atomic mass is 10.1. The van der Waals surface area contributed by atoms with E-state index < -0.39 is 0 Å². The Bertz CT molecular complexity index is 650. The highest BCUT2D eigenvalue weighted by atomic mass is 16.3. The molecule has 1 aliphatic carbocycles. The van der Waals surface area contributed by atoms with E-state index in [2.05, 4.69) is 10.3 Å². The number of aliphatic hydroxyl groups excluding tert-OH is 1. The van der Waals surface area contributed by atoms with Crippen LogP contribution in [0.1, 0.15) is 32.1 Å². The first-order chi connectivity index (χ1) is 9.74. The molecule has 0 spiro atoms. The summed E-state index contributed by atoms with van der Waals surface area (Å²) in [7, 11) is 0. The van der Waals surface area contributed by atoms with Crippen LogP contribution in [0.25, 0.3) is 10.8 Å². The molecule has 2 unspecified atom stereocenters. The van der Waals surface area contributed by atoms with Gasteiger partial charge in [-0.25, -0.2) is 0 Å². The minimum Gasteiger partial charge on any atom is -0.391 e. The molecule has 1 heterocycles. The van der Waals surface area contributed by atoms with Crippen molar-refractivity contribution in [1.29, 1.82) is 0 Å². The highest BCUT2D eigenvalue weighted by molar-refractivity contribution is 5.83. The highest BCUT2D eigenvalue weighted by Gasteiger charge is 2.21. The summed E-state index contributed by atoms with van der Waals surface area (Å²) in [5, 5.41) is 15.0. The lowest BCUT2D eigenvalue weighted by Crippen LogP contribution is -2.33. The molecule has 2 aromatic rings. The maximum atomic E-state index is 12.0. The minimum absolute atomic E-state index is 0.0225. The molecule has 1 fully saturated rings. The molecule has 0 radical (unpaired) electrons. The minimum atomic E-state index is -0.340. The molecule has 0 bridgehead atoms. The van der Waals surface area contributed by atoms with Crippen molar-refractivity contribution >= 4 is 16.6 Å². The van der Waals surface area contributed by atoms with Crippen LogP contribution in [0.5, 0.6) is 0 Å². The van der Waals surface area contributed by atoms with E-state index in [1.165, 1.54) is 6.42 Å². The van der Waals surface area contributed by atoms with E-state index >= 15 is 0 Å². The summed E-state index contributed by atoms with van der Waals surface area (Å²) in [5.74, 6) is 0.694. The topological polar surface area (TPSA) is 65.1 Å². The summed E-state index contributed by atoms with van der Waals surface area (Å²) in [6, 6.07) is 9.49. The van der Waals surface area contributed by atoms with E-state index in [1.54, 1.807) is 0 Å². The number of pyridine rings is 1. The fraction of sp³-hybridized carbons (Fsp3) is 0.438.